The molecule has 0 aromatic rings. The van der Waals surface area contributed by atoms with Crippen LogP contribution in [0.25, 0.3) is 0 Å². The van der Waals surface area contributed by atoms with Crippen LogP contribution in [-0.2, 0) is 19.1 Å². The topological polar surface area (TPSA) is 55.8 Å². The summed E-state index contributed by atoms with van der Waals surface area (Å²) in [6, 6.07) is 0. The van der Waals surface area contributed by atoms with Gasteiger partial charge in [-0.15, -0.1) is 0 Å². The first-order valence-corrected chi connectivity index (χ1v) is 4.60. The molecule has 1 saturated heterocycles. The first-order valence-electron chi connectivity index (χ1n) is 4.60. The number of hydrogen-bond donors (Lipinski definition) is 0. The number of carbonyl (C=O) groups excluding carboxylic acids is 2. The van der Waals surface area contributed by atoms with E-state index in [0.29, 0.717) is 6.54 Å². The van der Waals surface area contributed by atoms with Gasteiger partial charge in [-0.3, -0.25) is 4.79 Å². The van der Waals surface area contributed by atoms with E-state index in [1.165, 1.54) is 12.0 Å². The maximum atomic E-state index is 11.3. The average molecular weight is 201 g/mol. The third kappa shape index (κ3) is 2.70. The van der Waals surface area contributed by atoms with Crippen molar-refractivity contribution in [2.45, 2.75) is 18.9 Å². The summed E-state index contributed by atoms with van der Waals surface area (Å²) in [7, 11) is 2.76. The Morgan fingerprint density at radius 3 is 2.79 bits per heavy atom. The molecule has 0 bridgehead atoms. The maximum absolute atomic E-state index is 11.3. The number of hydrogen-bond acceptors (Lipinski definition) is 4. The van der Waals surface area contributed by atoms with Crippen molar-refractivity contribution in [3.8, 4) is 0 Å². The SMILES string of the molecule is COC(=O)C(=O)N(C)CC1CCCO1. The first kappa shape index (κ1) is 11.0. The summed E-state index contributed by atoms with van der Waals surface area (Å²) in [5.41, 5.74) is 0. The molecule has 0 aliphatic carbocycles. The van der Waals surface area contributed by atoms with E-state index in [0.717, 1.165) is 19.4 Å². The van der Waals surface area contributed by atoms with Gasteiger partial charge in [-0.05, 0) is 12.8 Å². The smallest absolute Gasteiger partial charge is 0.396 e. The molecule has 0 saturated carbocycles. The van der Waals surface area contributed by atoms with E-state index in [1.54, 1.807) is 7.05 Å². The van der Waals surface area contributed by atoms with E-state index in [-0.39, 0.29) is 6.10 Å². The number of ether oxygens (including phenoxy) is 2. The Morgan fingerprint density at radius 1 is 1.57 bits per heavy atom. The largest absolute Gasteiger partial charge is 0.462 e. The molecular formula is C9H15NO4. The number of nitrogens with zero attached hydrogens (tertiary/aromatic N) is 1. The third-order valence-electron chi connectivity index (χ3n) is 2.21. The molecule has 1 fully saturated rings. The summed E-state index contributed by atoms with van der Waals surface area (Å²) in [6.07, 6.45) is 2.03. The Labute approximate surface area is 83.0 Å². The predicted octanol–water partition coefficient (Wildman–Crippen LogP) is -0.203. The second-order valence-electron chi connectivity index (χ2n) is 3.31. The van der Waals surface area contributed by atoms with Crippen molar-refractivity contribution in [1.29, 1.82) is 0 Å². The van der Waals surface area contributed by atoms with Gasteiger partial charge in [-0.1, -0.05) is 0 Å². The molecule has 5 heteroatoms. The fraction of sp³-hybridized carbons (Fsp3) is 0.778. The highest BCUT2D eigenvalue weighted by atomic mass is 16.5. The molecule has 1 aliphatic heterocycles. The molecule has 14 heavy (non-hydrogen) atoms. The highest BCUT2D eigenvalue weighted by Crippen LogP contribution is 2.12. The average Bonchev–Trinajstić information content (AvgIpc) is 2.68. The number of carbonyl (C=O) groups is 2. The fourth-order valence-electron chi connectivity index (χ4n) is 1.42. The zero-order chi connectivity index (χ0) is 10.6. The van der Waals surface area contributed by atoms with Gasteiger partial charge in [0.15, 0.2) is 0 Å². The quantitative estimate of drug-likeness (QED) is 0.458. The van der Waals surface area contributed by atoms with Crippen LogP contribution in [0.5, 0.6) is 0 Å². The lowest BCUT2D eigenvalue weighted by molar-refractivity contribution is -0.158. The highest BCUT2D eigenvalue weighted by molar-refractivity contribution is 6.32. The van der Waals surface area contributed by atoms with Gasteiger partial charge in [0.25, 0.3) is 0 Å². The van der Waals surface area contributed by atoms with Crippen LogP contribution in [0.1, 0.15) is 12.8 Å². The lowest BCUT2D eigenvalue weighted by atomic mass is 10.2. The Bertz CT molecular complexity index is 223. The molecular weight excluding hydrogens is 186 g/mol. The number of amides is 1. The van der Waals surface area contributed by atoms with Gasteiger partial charge in [0.2, 0.25) is 0 Å². The summed E-state index contributed by atoms with van der Waals surface area (Å²) in [6.45, 7) is 1.19. The molecule has 0 aromatic carbocycles. The minimum absolute atomic E-state index is 0.0635. The first-order chi connectivity index (χ1) is 6.65. The van der Waals surface area contributed by atoms with E-state index < -0.39 is 11.9 Å². The monoisotopic (exact) mass is 201 g/mol. The molecule has 80 valence electrons. The van der Waals surface area contributed by atoms with Gasteiger partial charge in [0.05, 0.1) is 13.2 Å². The van der Waals surface area contributed by atoms with Gasteiger partial charge in [-0.25, -0.2) is 4.79 Å². The van der Waals surface area contributed by atoms with E-state index >= 15 is 0 Å². The van der Waals surface area contributed by atoms with Gasteiger partial charge < -0.3 is 14.4 Å². The summed E-state index contributed by atoms with van der Waals surface area (Å²) in [5.74, 6) is -1.45. The number of methoxy groups -OCH3 is 1. The zero-order valence-electron chi connectivity index (χ0n) is 8.49. The van der Waals surface area contributed by atoms with Crippen LogP contribution >= 0.6 is 0 Å². The summed E-state index contributed by atoms with van der Waals surface area (Å²) >= 11 is 0. The van der Waals surface area contributed by atoms with Crippen molar-refractivity contribution in [1.82, 2.24) is 4.90 Å². The summed E-state index contributed by atoms with van der Waals surface area (Å²) < 4.78 is 9.67. The summed E-state index contributed by atoms with van der Waals surface area (Å²) in [4.78, 5) is 23.5. The predicted molar refractivity (Wildman–Crippen MR) is 48.6 cm³/mol. The lowest BCUT2D eigenvalue weighted by Crippen LogP contribution is -2.38. The molecule has 1 rings (SSSR count). The van der Waals surface area contributed by atoms with Crippen molar-refractivity contribution in [2.24, 2.45) is 0 Å². The molecule has 0 N–H and O–H groups in total. The molecule has 0 radical (unpaired) electrons. The Hall–Kier alpha value is -1.10. The lowest BCUT2D eigenvalue weighted by Gasteiger charge is -2.19. The number of rotatable bonds is 2. The van der Waals surface area contributed by atoms with Gasteiger partial charge in [0.1, 0.15) is 0 Å². The second-order valence-corrected chi connectivity index (χ2v) is 3.31. The van der Waals surface area contributed by atoms with Crippen molar-refractivity contribution < 1.29 is 19.1 Å². The normalized spacial score (nSPS) is 20.6. The molecule has 0 aromatic heterocycles. The maximum Gasteiger partial charge on any atom is 0.396 e. The van der Waals surface area contributed by atoms with Crippen LogP contribution in [0.15, 0.2) is 0 Å². The zero-order valence-corrected chi connectivity index (χ0v) is 8.49. The van der Waals surface area contributed by atoms with Crippen molar-refractivity contribution in [3.05, 3.63) is 0 Å². The molecule has 5 nitrogen and oxygen atoms in total. The van der Waals surface area contributed by atoms with E-state index in [4.69, 9.17) is 4.74 Å². The van der Waals surface area contributed by atoms with Crippen LogP contribution in [0.2, 0.25) is 0 Å². The minimum atomic E-state index is -0.828. The standard InChI is InChI=1S/C9H15NO4/c1-10(8(11)9(12)13-2)6-7-4-3-5-14-7/h7H,3-6H2,1-2H3. The Balaban J connectivity index is 2.36. The van der Waals surface area contributed by atoms with Gasteiger partial charge in [0, 0.05) is 20.2 Å². The molecule has 1 amide bonds. The molecule has 0 spiro atoms. The molecule has 1 atom stereocenters. The molecule has 1 unspecified atom stereocenters. The van der Waals surface area contributed by atoms with E-state index in [2.05, 4.69) is 4.74 Å². The summed E-state index contributed by atoms with van der Waals surface area (Å²) in [5, 5.41) is 0. The Kier molecular flexibility index (Phi) is 3.88. The highest BCUT2D eigenvalue weighted by Gasteiger charge is 2.24. The third-order valence-corrected chi connectivity index (χ3v) is 2.21. The molecule has 1 aliphatic rings. The van der Waals surface area contributed by atoms with Crippen LogP contribution in [0.3, 0.4) is 0 Å². The number of likely N-dealkylation sites (N-methyl/N-ethyl adjacent to an activating group) is 1. The van der Waals surface area contributed by atoms with E-state index in [1.807, 2.05) is 0 Å². The van der Waals surface area contributed by atoms with Crippen molar-refractivity contribution >= 4 is 11.9 Å². The van der Waals surface area contributed by atoms with Crippen molar-refractivity contribution in [3.63, 3.8) is 0 Å². The van der Waals surface area contributed by atoms with Gasteiger partial charge >= 0.3 is 11.9 Å². The number of esters is 1. The van der Waals surface area contributed by atoms with E-state index in [9.17, 15) is 9.59 Å². The Morgan fingerprint density at radius 2 is 2.29 bits per heavy atom. The molecule has 1 heterocycles. The van der Waals surface area contributed by atoms with Crippen LogP contribution in [0.4, 0.5) is 0 Å². The van der Waals surface area contributed by atoms with Crippen LogP contribution in [-0.4, -0.2) is 50.2 Å². The fourth-order valence-corrected chi connectivity index (χ4v) is 1.42. The van der Waals surface area contributed by atoms with Crippen LogP contribution < -0.4 is 0 Å². The second kappa shape index (κ2) is 4.95. The van der Waals surface area contributed by atoms with Crippen LogP contribution in [0, 0.1) is 0 Å². The van der Waals surface area contributed by atoms with Gasteiger partial charge in [-0.2, -0.15) is 0 Å². The van der Waals surface area contributed by atoms with Crippen molar-refractivity contribution in [2.75, 3.05) is 27.3 Å². The minimum Gasteiger partial charge on any atom is -0.462 e.